The quantitative estimate of drug-likeness (QED) is 0.783. The SMILES string of the molecule is CCC(/C=C/c1c(C)cccc1N1CCOCC1)OC(C)=O. The first-order valence-electron chi connectivity index (χ1n) is 7.89. The topological polar surface area (TPSA) is 38.8 Å². The van der Waals surface area contributed by atoms with Gasteiger partial charge < -0.3 is 14.4 Å². The predicted octanol–water partition coefficient (Wildman–Crippen LogP) is 3.19. The van der Waals surface area contributed by atoms with Gasteiger partial charge >= 0.3 is 5.97 Å². The van der Waals surface area contributed by atoms with E-state index in [1.165, 1.54) is 23.7 Å². The summed E-state index contributed by atoms with van der Waals surface area (Å²) in [6.07, 6.45) is 4.66. The third-order valence-electron chi connectivity index (χ3n) is 3.85. The molecule has 0 N–H and O–H groups in total. The van der Waals surface area contributed by atoms with E-state index in [0.717, 1.165) is 32.7 Å². The van der Waals surface area contributed by atoms with Crippen molar-refractivity contribution in [2.75, 3.05) is 31.2 Å². The lowest BCUT2D eigenvalue weighted by Gasteiger charge is -2.30. The number of aryl methyl sites for hydroxylation is 1. The molecule has 0 spiro atoms. The molecule has 0 radical (unpaired) electrons. The van der Waals surface area contributed by atoms with Crippen LogP contribution in [0.5, 0.6) is 0 Å². The van der Waals surface area contributed by atoms with Gasteiger partial charge in [-0.05, 0) is 31.1 Å². The van der Waals surface area contributed by atoms with Crippen molar-refractivity contribution in [2.45, 2.75) is 33.3 Å². The second kappa shape index (κ2) is 7.99. The van der Waals surface area contributed by atoms with Crippen molar-refractivity contribution in [1.29, 1.82) is 0 Å². The number of anilines is 1. The molecule has 1 fully saturated rings. The molecule has 0 aliphatic carbocycles. The van der Waals surface area contributed by atoms with Crippen molar-refractivity contribution in [3.05, 3.63) is 35.4 Å². The molecule has 1 heterocycles. The number of nitrogens with zero attached hydrogens (tertiary/aromatic N) is 1. The second-order valence-corrected chi connectivity index (χ2v) is 5.52. The zero-order chi connectivity index (χ0) is 15.9. The Morgan fingerprint density at radius 1 is 1.41 bits per heavy atom. The number of rotatable bonds is 5. The summed E-state index contributed by atoms with van der Waals surface area (Å²) in [5.74, 6) is -0.241. The number of esters is 1. The third kappa shape index (κ3) is 4.34. The van der Waals surface area contributed by atoms with E-state index < -0.39 is 0 Å². The molecular formula is C18H25NO3. The number of hydrogen-bond acceptors (Lipinski definition) is 4. The molecule has 1 unspecified atom stereocenters. The lowest BCUT2D eigenvalue weighted by Crippen LogP contribution is -2.36. The van der Waals surface area contributed by atoms with Crippen LogP contribution in [0.2, 0.25) is 0 Å². The van der Waals surface area contributed by atoms with Gasteiger partial charge in [-0.1, -0.05) is 25.1 Å². The van der Waals surface area contributed by atoms with Crippen LogP contribution in [0.25, 0.3) is 6.08 Å². The van der Waals surface area contributed by atoms with Gasteiger partial charge in [-0.25, -0.2) is 0 Å². The molecule has 1 aromatic carbocycles. The van der Waals surface area contributed by atoms with Gasteiger partial charge in [0.05, 0.1) is 13.2 Å². The Bertz CT molecular complexity index is 533. The summed E-state index contributed by atoms with van der Waals surface area (Å²) < 4.78 is 10.7. The minimum absolute atomic E-state index is 0.172. The first kappa shape index (κ1) is 16.6. The molecule has 4 nitrogen and oxygen atoms in total. The molecule has 0 aromatic heterocycles. The molecular weight excluding hydrogens is 278 g/mol. The van der Waals surface area contributed by atoms with Gasteiger partial charge in [0.1, 0.15) is 6.10 Å². The number of benzene rings is 1. The van der Waals surface area contributed by atoms with Crippen LogP contribution >= 0.6 is 0 Å². The second-order valence-electron chi connectivity index (χ2n) is 5.52. The maximum Gasteiger partial charge on any atom is 0.303 e. The largest absolute Gasteiger partial charge is 0.458 e. The molecule has 1 atom stereocenters. The lowest BCUT2D eigenvalue weighted by molar-refractivity contribution is -0.144. The van der Waals surface area contributed by atoms with Gasteiger partial charge in [0, 0.05) is 31.3 Å². The van der Waals surface area contributed by atoms with Gasteiger partial charge in [-0.15, -0.1) is 0 Å². The zero-order valence-corrected chi connectivity index (χ0v) is 13.7. The predicted molar refractivity (Wildman–Crippen MR) is 89.1 cm³/mol. The minimum atomic E-state index is -0.241. The number of carbonyl (C=O) groups excluding carboxylic acids is 1. The first-order chi connectivity index (χ1) is 10.6. The Labute approximate surface area is 132 Å². The highest BCUT2D eigenvalue weighted by Crippen LogP contribution is 2.26. The zero-order valence-electron chi connectivity index (χ0n) is 13.7. The average molecular weight is 303 g/mol. The summed E-state index contributed by atoms with van der Waals surface area (Å²) in [6, 6.07) is 6.34. The molecule has 0 saturated carbocycles. The Balaban J connectivity index is 2.23. The summed E-state index contributed by atoms with van der Waals surface area (Å²) in [6.45, 7) is 8.92. The fraction of sp³-hybridized carbons (Fsp3) is 0.500. The molecule has 0 amide bonds. The third-order valence-corrected chi connectivity index (χ3v) is 3.85. The van der Waals surface area contributed by atoms with Gasteiger partial charge in [-0.3, -0.25) is 4.79 Å². The first-order valence-corrected chi connectivity index (χ1v) is 7.89. The fourth-order valence-electron chi connectivity index (χ4n) is 2.64. The highest BCUT2D eigenvalue weighted by Gasteiger charge is 2.15. The van der Waals surface area contributed by atoms with E-state index in [4.69, 9.17) is 9.47 Å². The molecule has 1 aliphatic rings. The van der Waals surface area contributed by atoms with Crippen LogP contribution < -0.4 is 4.90 Å². The van der Waals surface area contributed by atoms with Crippen molar-refractivity contribution >= 4 is 17.7 Å². The van der Waals surface area contributed by atoms with Crippen LogP contribution in [0.15, 0.2) is 24.3 Å². The maximum atomic E-state index is 11.1. The molecule has 1 saturated heterocycles. The summed E-state index contributed by atoms with van der Waals surface area (Å²) in [7, 11) is 0. The van der Waals surface area contributed by atoms with E-state index in [1.807, 2.05) is 13.0 Å². The van der Waals surface area contributed by atoms with Crippen molar-refractivity contribution in [3.63, 3.8) is 0 Å². The summed E-state index contributed by atoms with van der Waals surface area (Å²) >= 11 is 0. The molecule has 22 heavy (non-hydrogen) atoms. The number of ether oxygens (including phenoxy) is 2. The molecule has 1 aliphatic heterocycles. The summed E-state index contributed by atoms with van der Waals surface area (Å²) in [5, 5.41) is 0. The van der Waals surface area contributed by atoms with E-state index >= 15 is 0 Å². The lowest BCUT2D eigenvalue weighted by atomic mass is 10.0. The number of hydrogen-bond donors (Lipinski definition) is 0. The van der Waals surface area contributed by atoms with Gasteiger partial charge in [0.15, 0.2) is 0 Å². The van der Waals surface area contributed by atoms with Crippen molar-refractivity contribution in [2.24, 2.45) is 0 Å². The van der Waals surface area contributed by atoms with Crippen LogP contribution in [0.3, 0.4) is 0 Å². The van der Waals surface area contributed by atoms with Crippen molar-refractivity contribution in [1.82, 2.24) is 0 Å². The standard InChI is InChI=1S/C18H25NO3/c1-4-16(22-15(3)20)8-9-17-14(2)6-5-7-18(17)19-10-12-21-13-11-19/h5-9,16H,4,10-13H2,1-3H3/b9-8+. The van der Waals surface area contributed by atoms with Crippen LogP contribution in [0, 0.1) is 6.92 Å². The van der Waals surface area contributed by atoms with E-state index in [1.54, 1.807) is 0 Å². The van der Waals surface area contributed by atoms with Crippen LogP contribution in [0.4, 0.5) is 5.69 Å². The van der Waals surface area contributed by atoms with E-state index in [9.17, 15) is 4.79 Å². The highest BCUT2D eigenvalue weighted by molar-refractivity contribution is 5.71. The van der Waals surface area contributed by atoms with Crippen molar-refractivity contribution in [3.8, 4) is 0 Å². The molecule has 2 rings (SSSR count). The number of morpholine rings is 1. The maximum absolute atomic E-state index is 11.1. The fourth-order valence-corrected chi connectivity index (χ4v) is 2.64. The number of carbonyl (C=O) groups is 1. The van der Waals surface area contributed by atoms with Crippen LogP contribution in [0.1, 0.15) is 31.4 Å². The molecule has 120 valence electrons. The van der Waals surface area contributed by atoms with Crippen LogP contribution in [-0.4, -0.2) is 38.4 Å². The normalized spacial score (nSPS) is 16.8. The van der Waals surface area contributed by atoms with Crippen LogP contribution in [-0.2, 0) is 14.3 Å². The monoisotopic (exact) mass is 303 g/mol. The Hall–Kier alpha value is -1.81. The molecule has 4 heteroatoms. The van der Waals surface area contributed by atoms with Gasteiger partial charge in [0.25, 0.3) is 0 Å². The van der Waals surface area contributed by atoms with Gasteiger partial charge in [-0.2, -0.15) is 0 Å². The van der Waals surface area contributed by atoms with Crippen molar-refractivity contribution < 1.29 is 14.3 Å². The molecule has 1 aromatic rings. The van der Waals surface area contributed by atoms with E-state index in [-0.39, 0.29) is 12.1 Å². The Kier molecular flexibility index (Phi) is 6.01. The summed E-state index contributed by atoms with van der Waals surface area (Å²) in [4.78, 5) is 13.5. The van der Waals surface area contributed by atoms with E-state index in [0.29, 0.717) is 0 Å². The summed E-state index contributed by atoms with van der Waals surface area (Å²) in [5.41, 5.74) is 3.63. The molecule has 0 bridgehead atoms. The smallest absolute Gasteiger partial charge is 0.303 e. The van der Waals surface area contributed by atoms with Gasteiger partial charge in [0.2, 0.25) is 0 Å². The Morgan fingerprint density at radius 3 is 2.77 bits per heavy atom. The van der Waals surface area contributed by atoms with E-state index in [2.05, 4.69) is 36.1 Å². The average Bonchev–Trinajstić information content (AvgIpc) is 2.52. The Morgan fingerprint density at radius 2 is 2.14 bits per heavy atom. The minimum Gasteiger partial charge on any atom is -0.458 e. The highest BCUT2D eigenvalue weighted by atomic mass is 16.5.